The Kier molecular flexibility index (Phi) is 5.22. The normalized spacial score (nSPS) is 58.8. The van der Waals surface area contributed by atoms with E-state index in [1.807, 2.05) is 0 Å². The van der Waals surface area contributed by atoms with Crippen LogP contribution in [-0.4, -0.2) is 33.5 Å². The minimum atomic E-state index is -0.276. The number of rotatable bonds is 4. The Bertz CT molecular complexity index is 843. The van der Waals surface area contributed by atoms with Gasteiger partial charge in [0.1, 0.15) is 0 Å². The van der Waals surface area contributed by atoms with E-state index in [4.69, 9.17) is 9.47 Å². The lowest BCUT2D eigenvalue weighted by Crippen LogP contribution is -2.67. The predicted molar refractivity (Wildman–Crippen MR) is 135 cm³/mol. The molecule has 4 saturated carbocycles. The van der Waals surface area contributed by atoms with Crippen LogP contribution in [0.5, 0.6) is 0 Å². The minimum absolute atomic E-state index is 0.0129. The third-order valence-corrected chi connectivity index (χ3v) is 13.3. The number of halogens is 1. The van der Waals surface area contributed by atoms with Gasteiger partial charge in [-0.1, -0.05) is 62.2 Å². The SMILES string of the molecule is C=C(CCC1(C)OC2OC34C(Br)CC5CC(C)CCC5(C)C3CCC23C1CC(O)C34)C(C)C. The summed E-state index contributed by atoms with van der Waals surface area (Å²) in [5.41, 5.74) is 1.12. The predicted octanol–water partition coefficient (Wildman–Crippen LogP) is 6.87. The summed E-state index contributed by atoms with van der Waals surface area (Å²) in [7, 11) is 0. The Morgan fingerprint density at radius 1 is 1.09 bits per heavy atom. The highest BCUT2D eigenvalue weighted by molar-refractivity contribution is 9.09. The van der Waals surface area contributed by atoms with Gasteiger partial charge in [0, 0.05) is 22.1 Å². The largest absolute Gasteiger partial charge is 0.393 e. The fraction of sp³-hybridized carbons (Fsp3) is 0.931. The first kappa shape index (κ1) is 23.5. The summed E-state index contributed by atoms with van der Waals surface area (Å²) >= 11 is 4.20. The molecule has 2 saturated heterocycles. The van der Waals surface area contributed by atoms with E-state index in [-0.39, 0.29) is 34.9 Å². The molecule has 2 bridgehead atoms. The molecule has 12 atom stereocenters. The average molecular weight is 522 g/mol. The van der Waals surface area contributed by atoms with E-state index in [0.717, 1.165) is 37.5 Å². The zero-order chi connectivity index (χ0) is 23.6. The lowest BCUT2D eigenvalue weighted by atomic mass is 9.43. The van der Waals surface area contributed by atoms with Crippen molar-refractivity contribution in [3.63, 3.8) is 0 Å². The zero-order valence-electron chi connectivity index (χ0n) is 21.4. The van der Waals surface area contributed by atoms with Gasteiger partial charge in [0.25, 0.3) is 0 Å². The number of aliphatic hydroxyl groups is 1. The Labute approximate surface area is 209 Å². The van der Waals surface area contributed by atoms with Gasteiger partial charge < -0.3 is 14.6 Å². The average Bonchev–Trinajstić information content (AvgIpc) is 3.26. The molecule has 186 valence electrons. The number of fused-ring (bicyclic) bond motifs is 2. The van der Waals surface area contributed by atoms with Crippen molar-refractivity contribution in [2.45, 2.75) is 121 Å². The Morgan fingerprint density at radius 2 is 1.85 bits per heavy atom. The van der Waals surface area contributed by atoms with Gasteiger partial charge in [-0.25, -0.2) is 0 Å². The second-order valence-corrected chi connectivity index (χ2v) is 15.0. The first-order valence-corrected chi connectivity index (χ1v) is 14.8. The van der Waals surface area contributed by atoms with Crippen molar-refractivity contribution in [2.24, 2.45) is 46.3 Å². The van der Waals surface area contributed by atoms with Gasteiger partial charge in [-0.3, -0.25) is 0 Å². The summed E-state index contributed by atoms with van der Waals surface area (Å²) < 4.78 is 14.2. The van der Waals surface area contributed by atoms with Gasteiger partial charge in [0.15, 0.2) is 6.29 Å². The highest BCUT2D eigenvalue weighted by atomic mass is 79.9. The Balaban J connectivity index is 1.36. The topological polar surface area (TPSA) is 38.7 Å². The molecule has 2 aliphatic heterocycles. The lowest BCUT2D eigenvalue weighted by Gasteiger charge is -2.64. The molecule has 6 fully saturated rings. The maximum Gasteiger partial charge on any atom is 0.165 e. The molecule has 3 nitrogen and oxygen atoms in total. The molecule has 2 spiro atoms. The number of alkyl halides is 1. The molecule has 4 aliphatic carbocycles. The molecular formula is C29H45BrO3. The van der Waals surface area contributed by atoms with E-state index in [1.54, 1.807) is 0 Å². The molecule has 0 radical (unpaired) electrons. The fourth-order valence-corrected chi connectivity index (χ4v) is 11.5. The monoisotopic (exact) mass is 520 g/mol. The molecule has 6 rings (SSSR count). The van der Waals surface area contributed by atoms with E-state index in [1.165, 1.54) is 37.7 Å². The number of hydrogen-bond acceptors (Lipinski definition) is 3. The fourth-order valence-electron chi connectivity index (χ4n) is 10.4. The van der Waals surface area contributed by atoms with Crippen LogP contribution in [-0.2, 0) is 9.47 Å². The smallest absolute Gasteiger partial charge is 0.165 e. The zero-order valence-corrected chi connectivity index (χ0v) is 23.0. The molecule has 1 N–H and O–H groups in total. The number of allylic oxidation sites excluding steroid dienone is 1. The van der Waals surface area contributed by atoms with Crippen LogP contribution in [0.1, 0.15) is 92.4 Å². The third-order valence-electron chi connectivity index (χ3n) is 12.2. The summed E-state index contributed by atoms with van der Waals surface area (Å²) in [6.45, 7) is 16.1. The van der Waals surface area contributed by atoms with Crippen molar-refractivity contribution < 1.29 is 14.6 Å². The number of aliphatic hydroxyl groups excluding tert-OH is 1. The second-order valence-electron chi connectivity index (χ2n) is 13.9. The van der Waals surface area contributed by atoms with Gasteiger partial charge in [-0.15, -0.1) is 0 Å². The standard InChI is InChI=1S/C29H45BrO3/c1-16(2)18(4)8-11-27(6)22-15-20(31)24-28(22)12-9-21-26(5)10-7-17(3)13-19(26)14-23(30)29(21,24)33-25(28)32-27/h16-17,19-25,31H,4,7-15H2,1-3,5-6H3. The highest BCUT2D eigenvalue weighted by Gasteiger charge is 2.84. The summed E-state index contributed by atoms with van der Waals surface area (Å²) in [6.07, 6.45) is 10.0. The molecule has 0 aromatic heterocycles. The Morgan fingerprint density at radius 3 is 2.58 bits per heavy atom. The van der Waals surface area contributed by atoms with Crippen LogP contribution in [0.4, 0.5) is 0 Å². The molecule has 4 heteroatoms. The van der Waals surface area contributed by atoms with E-state index >= 15 is 0 Å². The first-order valence-electron chi connectivity index (χ1n) is 13.8. The molecular weight excluding hydrogens is 476 g/mol. The van der Waals surface area contributed by atoms with Crippen LogP contribution in [0.15, 0.2) is 12.2 Å². The van der Waals surface area contributed by atoms with Crippen molar-refractivity contribution in [3.05, 3.63) is 12.2 Å². The quantitative estimate of drug-likeness (QED) is 0.324. The highest BCUT2D eigenvalue weighted by Crippen LogP contribution is 2.79. The van der Waals surface area contributed by atoms with Gasteiger partial charge in [-0.2, -0.15) is 0 Å². The van der Waals surface area contributed by atoms with Crippen molar-refractivity contribution in [1.82, 2.24) is 0 Å². The van der Waals surface area contributed by atoms with Gasteiger partial charge in [0.05, 0.1) is 17.3 Å². The van der Waals surface area contributed by atoms with Crippen LogP contribution in [0.3, 0.4) is 0 Å². The summed E-state index contributed by atoms with van der Waals surface area (Å²) in [4.78, 5) is 0.315. The molecule has 12 unspecified atom stereocenters. The van der Waals surface area contributed by atoms with Crippen molar-refractivity contribution >= 4 is 15.9 Å². The molecule has 0 amide bonds. The van der Waals surface area contributed by atoms with Crippen molar-refractivity contribution in [1.29, 1.82) is 0 Å². The second kappa shape index (κ2) is 7.33. The number of ether oxygens (including phenoxy) is 2. The minimum Gasteiger partial charge on any atom is -0.393 e. The van der Waals surface area contributed by atoms with Gasteiger partial charge >= 0.3 is 0 Å². The maximum atomic E-state index is 11.7. The first-order chi connectivity index (χ1) is 15.5. The van der Waals surface area contributed by atoms with Crippen LogP contribution in [0.2, 0.25) is 0 Å². The van der Waals surface area contributed by atoms with E-state index in [0.29, 0.717) is 28.0 Å². The summed E-state index contributed by atoms with van der Waals surface area (Å²) in [5.74, 6) is 3.21. The molecule has 2 heterocycles. The maximum absolute atomic E-state index is 11.7. The van der Waals surface area contributed by atoms with E-state index in [2.05, 4.69) is 57.1 Å². The van der Waals surface area contributed by atoms with E-state index < -0.39 is 0 Å². The molecule has 0 aromatic rings. The van der Waals surface area contributed by atoms with Gasteiger partial charge in [0.2, 0.25) is 0 Å². The van der Waals surface area contributed by atoms with Crippen molar-refractivity contribution in [3.8, 4) is 0 Å². The molecule has 0 aromatic carbocycles. The van der Waals surface area contributed by atoms with E-state index in [9.17, 15) is 5.11 Å². The van der Waals surface area contributed by atoms with Crippen LogP contribution in [0, 0.1) is 46.3 Å². The van der Waals surface area contributed by atoms with Crippen LogP contribution >= 0.6 is 15.9 Å². The summed E-state index contributed by atoms with van der Waals surface area (Å²) in [6, 6.07) is 0. The Hall–Kier alpha value is 0.100. The third kappa shape index (κ3) is 2.79. The molecule has 6 aliphatic rings. The number of hydrogen-bond donors (Lipinski definition) is 1. The molecule has 33 heavy (non-hydrogen) atoms. The van der Waals surface area contributed by atoms with Gasteiger partial charge in [-0.05, 0) is 87.4 Å². The lowest BCUT2D eigenvalue weighted by molar-refractivity contribution is -0.246. The summed E-state index contributed by atoms with van der Waals surface area (Å²) in [5, 5.41) is 11.7. The van der Waals surface area contributed by atoms with Crippen LogP contribution in [0.25, 0.3) is 0 Å². The van der Waals surface area contributed by atoms with Crippen LogP contribution < -0.4 is 0 Å². The van der Waals surface area contributed by atoms with Crippen molar-refractivity contribution in [2.75, 3.05) is 0 Å².